The zero-order chi connectivity index (χ0) is 31.7. The minimum atomic E-state index is -0.480. The third-order valence-corrected chi connectivity index (χ3v) is 6.91. The first-order chi connectivity index (χ1) is 20.5. The smallest absolute Gasteiger partial charge is 0.343 e. The molecular weight excluding hydrogens is 544 g/mol. The van der Waals surface area contributed by atoms with Gasteiger partial charge in [0, 0.05) is 17.6 Å². The molecule has 0 aliphatic rings. The van der Waals surface area contributed by atoms with Gasteiger partial charge in [-0.05, 0) is 86.9 Å². The monoisotopic (exact) mass is 594 g/mol. The summed E-state index contributed by atoms with van der Waals surface area (Å²) >= 11 is 0. The normalized spacial score (nSPS) is 11.1. The van der Waals surface area contributed by atoms with Gasteiger partial charge in [0.1, 0.15) is 17.2 Å². The van der Waals surface area contributed by atoms with Gasteiger partial charge in [0.05, 0.1) is 18.8 Å². The minimum absolute atomic E-state index is 0.241. The van der Waals surface area contributed by atoms with Crippen molar-refractivity contribution in [1.29, 1.82) is 0 Å². The molecule has 0 saturated heterocycles. The molecule has 2 aromatic carbocycles. The fourth-order valence-electron chi connectivity index (χ4n) is 4.36. The van der Waals surface area contributed by atoms with Crippen LogP contribution >= 0.6 is 0 Å². The average Bonchev–Trinajstić information content (AvgIpc) is 2.96. The molecule has 2 rings (SSSR count). The molecule has 0 heterocycles. The summed E-state index contributed by atoms with van der Waals surface area (Å²) in [4.78, 5) is 36.7. The second-order valence-electron chi connectivity index (χ2n) is 12.0. The molecule has 0 aliphatic heterocycles. The van der Waals surface area contributed by atoms with E-state index in [1.165, 1.54) is 19.3 Å². The van der Waals surface area contributed by atoms with Crippen LogP contribution < -0.4 is 14.2 Å². The number of unbranched alkanes of at least 4 members (excludes halogenated alkanes) is 8. The lowest BCUT2D eigenvalue weighted by Gasteiger charge is -2.23. The lowest BCUT2D eigenvalue weighted by molar-refractivity contribution is -0.139. The van der Waals surface area contributed by atoms with E-state index < -0.39 is 5.97 Å². The molecule has 2 aromatic rings. The first-order valence-corrected chi connectivity index (χ1v) is 15.6. The lowest BCUT2D eigenvalue weighted by atomic mass is 9.86. The highest BCUT2D eigenvalue weighted by atomic mass is 16.5. The Bertz CT molecular complexity index is 1180. The van der Waals surface area contributed by atoms with Gasteiger partial charge >= 0.3 is 17.9 Å². The topological polar surface area (TPSA) is 88.1 Å². The molecule has 0 fully saturated rings. The summed E-state index contributed by atoms with van der Waals surface area (Å²) in [5, 5.41) is 0. The molecule has 0 unspecified atom stereocenters. The molecular formula is C36H50O7. The molecule has 0 spiro atoms. The second kappa shape index (κ2) is 18.8. The molecule has 236 valence electrons. The zero-order valence-corrected chi connectivity index (χ0v) is 26.8. The van der Waals surface area contributed by atoms with E-state index in [1.54, 1.807) is 49.4 Å². The lowest BCUT2D eigenvalue weighted by Crippen LogP contribution is -2.17. The Labute approximate surface area is 257 Å². The van der Waals surface area contributed by atoms with E-state index in [0.717, 1.165) is 50.5 Å². The van der Waals surface area contributed by atoms with E-state index in [2.05, 4.69) is 13.5 Å². The molecule has 0 aromatic heterocycles. The van der Waals surface area contributed by atoms with Crippen LogP contribution in [0.3, 0.4) is 0 Å². The largest absolute Gasteiger partial charge is 0.494 e. The van der Waals surface area contributed by atoms with E-state index in [4.69, 9.17) is 18.9 Å². The summed E-state index contributed by atoms with van der Waals surface area (Å²) in [6.45, 7) is 14.4. The maximum Gasteiger partial charge on any atom is 0.343 e. The molecule has 7 nitrogen and oxygen atoms in total. The van der Waals surface area contributed by atoms with Gasteiger partial charge in [-0.3, -0.25) is 4.79 Å². The van der Waals surface area contributed by atoms with Gasteiger partial charge in [0.15, 0.2) is 0 Å². The van der Waals surface area contributed by atoms with Crippen molar-refractivity contribution < 1.29 is 33.3 Å². The Morgan fingerprint density at radius 1 is 0.744 bits per heavy atom. The van der Waals surface area contributed by atoms with Crippen LogP contribution in [-0.4, -0.2) is 31.1 Å². The highest BCUT2D eigenvalue weighted by Crippen LogP contribution is 2.35. The van der Waals surface area contributed by atoms with Crippen molar-refractivity contribution in [3.05, 3.63) is 65.7 Å². The SMILES string of the molecule is C=C(C)C(=O)OCCCCCCOc1ccc(C(=O)Oc2ccc(OC(=O)CCCCCCCC)c(C(C)(C)C)c2)cc1. The van der Waals surface area contributed by atoms with Crippen LogP contribution in [-0.2, 0) is 19.7 Å². The number of carbonyl (C=O) groups is 3. The quantitative estimate of drug-likeness (QED) is 0.0694. The van der Waals surface area contributed by atoms with Crippen LogP contribution in [0.5, 0.6) is 17.2 Å². The van der Waals surface area contributed by atoms with Crippen LogP contribution in [0, 0.1) is 0 Å². The van der Waals surface area contributed by atoms with E-state index in [9.17, 15) is 14.4 Å². The number of hydrogen-bond donors (Lipinski definition) is 0. The summed E-state index contributed by atoms with van der Waals surface area (Å²) in [5.41, 5.74) is 1.29. The van der Waals surface area contributed by atoms with E-state index in [1.807, 2.05) is 20.8 Å². The van der Waals surface area contributed by atoms with Crippen molar-refractivity contribution >= 4 is 17.9 Å². The molecule has 0 N–H and O–H groups in total. The van der Waals surface area contributed by atoms with Crippen molar-refractivity contribution in [3.8, 4) is 17.2 Å². The van der Waals surface area contributed by atoms with Crippen molar-refractivity contribution in [2.24, 2.45) is 0 Å². The highest BCUT2D eigenvalue weighted by molar-refractivity contribution is 5.91. The number of benzene rings is 2. The molecule has 0 saturated carbocycles. The van der Waals surface area contributed by atoms with Gasteiger partial charge in [-0.2, -0.15) is 0 Å². The Kier molecular flexibility index (Phi) is 15.6. The van der Waals surface area contributed by atoms with Gasteiger partial charge in [-0.1, -0.05) is 66.4 Å². The third-order valence-electron chi connectivity index (χ3n) is 6.91. The Morgan fingerprint density at radius 2 is 1.35 bits per heavy atom. The predicted molar refractivity (Wildman–Crippen MR) is 170 cm³/mol. The second-order valence-corrected chi connectivity index (χ2v) is 12.0. The third kappa shape index (κ3) is 13.9. The summed E-state index contributed by atoms with van der Waals surface area (Å²) in [6.07, 6.45) is 10.6. The van der Waals surface area contributed by atoms with Crippen LogP contribution in [0.4, 0.5) is 0 Å². The minimum Gasteiger partial charge on any atom is -0.494 e. The Hall–Kier alpha value is -3.61. The van der Waals surface area contributed by atoms with Gasteiger partial charge in [0.25, 0.3) is 0 Å². The summed E-state index contributed by atoms with van der Waals surface area (Å²) in [6, 6.07) is 12.0. The maximum atomic E-state index is 12.8. The van der Waals surface area contributed by atoms with Gasteiger partial charge in [-0.15, -0.1) is 0 Å². The number of rotatable bonds is 19. The molecule has 0 atom stereocenters. The molecule has 7 heteroatoms. The number of ether oxygens (including phenoxy) is 4. The fraction of sp³-hybridized carbons (Fsp3) is 0.528. The van der Waals surface area contributed by atoms with Gasteiger partial charge < -0.3 is 18.9 Å². The Balaban J connectivity index is 1.82. The number of esters is 3. The van der Waals surface area contributed by atoms with Crippen LogP contribution in [0.25, 0.3) is 0 Å². The number of hydrogen-bond acceptors (Lipinski definition) is 7. The van der Waals surface area contributed by atoms with Crippen LogP contribution in [0.1, 0.15) is 121 Å². The van der Waals surface area contributed by atoms with E-state index >= 15 is 0 Å². The molecule has 0 amide bonds. The van der Waals surface area contributed by atoms with E-state index in [-0.39, 0.29) is 17.4 Å². The van der Waals surface area contributed by atoms with Crippen molar-refractivity contribution in [2.75, 3.05) is 13.2 Å². The first kappa shape index (κ1) is 35.6. The van der Waals surface area contributed by atoms with Gasteiger partial charge in [-0.25, -0.2) is 9.59 Å². The highest BCUT2D eigenvalue weighted by Gasteiger charge is 2.22. The van der Waals surface area contributed by atoms with Crippen molar-refractivity contribution in [3.63, 3.8) is 0 Å². The molecule has 43 heavy (non-hydrogen) atoms. The Morgan fingerprint density at radius 3 is 2.00 bits per heavy atom. The molecule has 0 bridgehead atoms. The standard InChI is InChI=1S/C36H50O7/c1-7-8-9-10-11-14-17-33(37)43-32-23-22-30(26-31(32)36(4,5)6)42-35(39)28-18-20-29(21-19-28)40-24-15-12-13-16-25-41-34(38)27(2)3/h18-23,26H,2,7-17,24-25H2,1,3-6H3. The maximum absolute atomic E-state index is 12.8. The first-order valence-electron chi connectivity index (χ1n) is 15.6. The summed E-state index contributed by atoms with van der Waals surface area (Å²) in [5.74, 6) is 0.492. The van der Waals surface area contributed by atoms with Crippen molar-refractivity contribution in [2.45, 2.75) is 111 Å². The molecule has 0 aliphatic carbocycles. The van der Waals surface area contributed by atoms with Crippen LogP contribution in [0.2, 0.25) is 0 Å². The van der Waals surface area contributed by atoms with Gasteiger partial charge in [0.2, 0.25) is 0 Å². The summed E-state index contributed by atoms with van der Waals surface area (Å²) < 4.78 is 22.3. The number of carbonyl (C=O) groups excluding carboxylic acids is 3. The fourth-order valence-corrected chi connectivity index (χ4v) is 4.36. The van der Waals surface area contributed by atoms with Crippen LogP contribution in [0.15, 0.2) is 54.6 Å². The summed E-state index contributed by atoms with van der Waals surface area (Å²) in [7, 11) is 0. The predicted octanol–water partition coefficient (Wildman–Crippen LogP) is 8.92. The van der Waals surface area contributed by atoms with Crippen molar-refractivity contribution in [1.82, 2.24) is 0 Å². The average molecular weight is 595 g/mol. The molecule has 0 radical (unpaired) electrons. The van der Waals surface area contributed by atoms with E-state index in [0.29, 0.717) is 48.0 Å². The zero-order valence-electron chi connectivity index (χ0n) is 26.8.